The van der Waals surface area contributed by atoms with Gasteiger partial charge in [-0.15, -0.1) is 11.3 Å². The number of pyridine rings is 1. The van der Waals surface area contributed by atoms with Crippen molar-refractivity contribution in [3.8, 4) is 0 Å². The molecular formula is C26H25Cl2N3O4S. The topological polar surface area (TPSA) is 88.6 Å². The summed E-state index contributed by atoms with van der Waals surface area (Å²) in [6, 6.07) is 6.90. The minimum atomic E-state index is -0.529. The molecule has 2 aromatic heterocycles. The van der Waals surface area contributed by atoms with Crippen molar-refractivity contribution in [1.82, 2.24) is 15.2 Å². The first-order chi connectivity index (χ1) is 17.4. The van der Waals surface area contributed by atoms with E-state index in [1.165, 1.54) is 24.5 Å². The van der Waals surface area contributed by atoms with Gasteiger partial charge in [0.05, 0.1) is 34.3 Å². The van der Waals surface area contributed by atoms with Crippen LogP contribution in [0.3, 0.4) is 0 Å². The van der Waals surface area contributed by atoms with Gasteiger partial charge in [-0.2, -0.15) is 0 Å². The SMILES string of the molecule is COC(=O)C[C@H](NC(=O)C1CCN(C(=O)/C=C/c2cc3ccsc3c(Cl)c2Cl)CC1)c1cccnc1. The van der Waals surface area contributed by atoms with Gasteiger partial charge in [-0.25, -0.2) is 0 Å². The van der Waals surface area contributed by atoms with Crippen LogP contribution < -0.4 is 5.32 Å². The van der Waals surface area contributed by atoms with Crippen LogP contribution in [0.4, 0.5) is 0 Å². The number of hydrogen-bond acceptors (Lipinski definition) is 6. The molecule has 1 aliphatic heterocycles. The Morgan fingerprint density at radius 2 is 2.03 bits per heavy atom. The highest BCUT2D eigenvalue weighted by molar-refractivity contribution is 7.18. The van der Waals surface area contributed by atoms with E-state index in [0.29, 0.717) is 41.5 Å². The lowest BCUT2D eigenvalue weighted by molar-refractivity contribution is -0.141. The van der Waals surface area contributed by atoms with Gasteiger partial charge in [-0.3, -0.25) is 19.4 Å². The molecule has 3 heterocycles. The third-order valence-electron chi connectivity index (χ3n) is 6.24. The van der Waals surface area contributed by atoms with Crippen molar-refractivity contribution < 1.29 is 19.1 Å². The lowest BCUT2D eigenvalue weighted by Crippen LogP contribution is -2.43. The Kier molecular flexibility index (Phi) is 8.61. The van der Waals surface area contributed by atoms with Gasteiger partial charge in [-0.05, 0) is 59.0 Å². The standard InChI is InChI=1S/C26H25Cl2N3O4S/c1-35-22(33)14-20(19-3-2-9-29-15-19)30-26(34)16-6-10-31(11-7-16)21(32)5-4-17-13-18-8-12-36-25(18)24(28)23(17)27/h2-5,8-9,12-13,15-16,20H,6-7,10-11,14H2,1H3,(H,30,34)/b5-4+/t20-/m0/s1. The summed E-state index contributed by atoms with van der Waals surface area (Å²) in [5.74, 6) is -0.980. The number of carbonyl (C=O) groups is 3. The number of esters is 1. The average Bonchev–Trinajstić information content (AvgIpc) is 3.38. The average molecular weight is 546 g/mol. The first kappa shape index (κ1) is 26.1. The summed E-state index contributed by atoms with van der Waals surface area (Å²) in [6.45, 7) is 0.905. The number of nitrogens with one attached hydrogen (secondary N) is 1. The predicted octanol–water partition coefficient (Wildman–Crippen LogP) is 5.28. The van der Waals surface area contributed by atoms with Crippen LogP contribution in [0.15, 0.2) is 48.1 Å². The van der Waals surface area contributed by atoms with Gasteiger partial charge in [0.15, 0.2) is 0 Å². The molecule has 0 bridgehead atoms. The molecule has 0 aliphatic carbocycles. The molecule has 10 heteroatoms. The maximum atomic E-state index is 13.0. The minimum absolute atomic E-state index is 0.0137. The number of benzene rings is 1. The van der Waals surface area contributed by atoms with Crippen LogP contribution in [0.5, 0.6) is 0 Å². The quantitative estimate of drug-likeness (QED) is 0.322. The number of likely N-dealkylation sites (tertiary alicyclic amines) is 1. The number of ether oxygens (including phenoxy) is 1. The number of amides is 2. The van der Waals surface area contributed by atoms with Gasteiger partial charge in [0.1, 0.15) is 0 Å². The first-order valence-electron chi connectivity index (χ1n) is 11.5. The van der Waals surface area contributed by atoms with Crippen molar-refractivity contribution in [2.45, 2.75) is 25.3 Å². The first-order valence-corrected chi connectivity index (χ1v) is 13.1. The van der Waals surface area contributed by atoms with Crippen LogP contribution in [-0.2, 0) is 19.1 Å². The molecule has 1 aliphatic rings. The summed E-state index contributed by atoms with van der Waals surface area (Å²) in [5.41, 5.74) is 1.41. The number of fused-ring (bicyclic) bond motifs is 1. The summed E-state index contributed by atoms with van der Waals surface area (Å²) >= 11 is 14.3. The molecule has 4 rings (SSSR count). The fourth-order valence-electron chi connectivity index (χ4n) is 4.19. The van der Waals surface area contributed by atoms with E-state index in [4.69, 9.17) is 27.9 Å². The summed E-state index contributed by atoms with van der Waals surface area (Å²) in [7, 11) is 1.31. The summed E-state index contributed by atoms with van der Waals surface area (Å²) < 4.78 is 5.70. The van der Waals surface area contributed by atoms with E-state index in [2.05, 4.69) is 10.3 Å². The maximum absolute atomic E-state index is 13.0. The number of carbonyl (C=O) groups excluding carboxylic acids is 3. The number of rotatable bonds is 7. The Balaban J connectivity index is 1.35. The van der Waals surface area contributed by atoms with E-state index in [1.807, 2.05) is 23.6 Å². The van der Waals surface area contributed by atoms with E-state index < -0.39 is 12.0 Å². The van der Waals surface area contributed by atoms with Crippen LogP contribution in [0.2, 0.25) is 10.0 Å². The van der Waals surface area contributed by atoms with E-state index in [1.54, 1.807) is 29.4 Å². The van der Waals surface area contributed by atoms with Gasteiger partial charge in [-0.1, -0.05) is 29.3 Å². The molecule has 36 heavy (non-hydrogen) atoms. The second-order valence-corrected chi connectivity index (χ2v) is 10.2. The zero-order valence-electron chi connectivity index (χ0n) is 19.6. The number of thiophene rings is 1. The Bertz CT molecular complexity index is 1290. The third-order valence-corrected chi connectivity index (χ3v) is 8.18. The molecule has 0 radical (unpaired) electrons. The van der Waals surface area contributed by atoms with Crippen LogP contribution >= 0.6 is 34.5 Å². The molecule has 7 nitrogen and oxygen atoms in total. The fourth-order valence-corrected chi connectivity index (χ4v) is 5.63. The van der Waals surface area contributed by atoms with Crippen LogP contribution in [-0.4, -0.2) is 47.9 Å². The second-order valence-electron chi connectivity index (χ2n) is 8.49. The molecule has 3 aromatic rings. The third kappa shape index (κ3) is 6.06. The highest BCUT2D eigenvalue weighted by Crippen LogP contribution is 2.37. The Labute approximate surface area is 223 Å². The number of piperidine rings is 1. The van der Waals surface area contributed by atoms with Crippen LogP contribution in [0.1, 0.15) is 36.4 Å². The van der Waals surface area contributed by atoms with E-state index >= 15 is 0 Å². The van der Waals surface area contributed by atoms with E-state index in [9.17, 15) is 14.4 Å². The molecule has 1 saturated heterocycles. The van der Waals surface area contributed by atoms with Gasteiger partial charge in [0.2, 0.25) is 11.8 Å². The number of nitrogens with zero attached hydrogens (tertiary/aromatic N) is 2. The highest BCUT2D eigenvalue weighted by Gasteiger charge is 2.29. The lowest BCUT2D eigenvalue weighted by atomic mass is 9.94. The molecule has 1 atom stereocenters. The van der Waals surface area contributed by atoms with Crippen molar-refractivity contribution in [2.75, 3.05) is 20.2 Å². The van der Waals surface area contributed by atoms with Crippen LogP contribution in [0, 0.1) is 5.92 Å². The van der Waals surface area contributed by atoms with E-state index in [-0.39, 0.29) is 24.2 Å². The summed E-state index contributed by atoms with van der Waals surface area (Å²) in [5, 5.41) is 6.78. The zero-order valence-corrected chi connectivity index (χ0v) is 21.9. The molecule has 0 spiro atoms. The number of hydrogen-bond donors (Lipinski definition) is 1. The molecule has 0 unspecified atom stereocenters. The largest absolute Gasteiger partial charge is 0.469 e. The molecule has 1 aromatic carbocycles. The smallest absolute Gasteiger partial charge is 0.307 e. The van der Waals surface area contributed by atoms with Gasteiger partial charge in [0, 0.05) is 37.5 Å². The van der Waals surface area contributed by atoms with Crippen molar-refractivity contribution in [3.05, 3.63) is 69.3 Å². The lowest BCUT2D eigenvalue weighted by Gasteiger charge is -2.31. The minimum Gasteiger partial charge on any atom is -0.469 e. The molecule has 2 amide bonds. The number of methoxy groups -OCH3 is 1. The molecular weight excluding hydrogens is 521 g/mol. The van der Waals surface area contributed by atoms with Crippen molar-refractivity contribution in [2.24, 2.45) is 5.92 Å². The van der Waals surface area contributed by atoms with Crippen molar-refractivity contribution in [1.29, 1.82) is 0 Å². The molecule has 0 saturated carbocycles. The summed E-state index contributed by atoms with van der Waals surface area (Å²) in [6.07, 6.45) is 7.48. The van der Waals surface area contributed by atoms with Crippen molar-refractivity contribution >= 4 is 68.5 Å². The number of aromatic nitrogens is 1. The Morgan fingerprint density at radius 1 is 1.25 bits per heavy atom. The zero-order chi connectivity index (χ0) is 25.7. The normalized spacial score (nSPS) is 15.2. The Morgan fingerprint density at radius 3 is 2.72 bits per heavy atom. The summed E-state index contributed by atoms with van der Waals surface area (Å²) in [4.78, 5) is 43.4. The van der Waals surface area contributed by atoms with Gasteiger partial charge in [0.25, 0.3) is 0 Å². The highest BCUT2D eigenvalue weighted by atomic mass is 35.5. The molecule has 1 fully saturated rings. The van der Waals surface area contributed by atoms with Crippen LogP contribution in [0.25, 0.3) is 16.2 Å². The van der Waals surface area contributed by atoms with Crippen molar-refractivity contribution in [3.63, 3.8) is 0 Å². The molecule has 188 valence electrons. The number of halogens is 2. The monoisotopic (exact) mass is 545 g/mol. The predicted molar refractivity (Wildman–Crippen MR) is 142 cm³/mol. The maximum Gasteiger partial charge on any atom is 0.307 e. The Hall–Kier alpha value is -2.94. The van der Waals surface area contributed by atoms with Gasteiger partial charge >= 0.3 is 5.97 Å². The molecule has 1 N–H and O–H groups in total. The fraction of sp³-hybridized carbons (Fsp3) is 0.308. The van der Waals surface area contributed by atoms with Gasteiger partial charge < -0.3 is 15.0 Å². The van der Waals surface area contributed by atoms with E-state index in [0.717, 1.165) is 15.6 Å². The second kappa shape index (κ2) is 11.9.